The molecule has 0 spiro atoms. The summed E-state index contributed by atoms with van der Waals surface area (Å²) in [5.41, 5.74) is 3.07. The number of rotatable bonds is 10. The average molecular weight is 633 g/mol. The van der Waals surface area contributed by atoms with Crippen LogP contribution in [0.2, 0.25) is 10.0 Å². The number of carbonyl (C=O) groups is 2. The van der Waals surface area contributed by atoms with Gasteiger partial charge in [0.2, 0.25) is 11.8 Å². The van der Waals surface area contributed by atoms with Crippen LogP contribution in [0, 0.1) is 20.8 Å². The second-order valence-electron chi connectivity index (χ2n) is 11.5. The van der Waals surface area contributed by atoms with Crippen LogP contribution >= 0.6 is 23.2 Å². The molecule has 0 saturated heterocycles. The van der Waals surface area contributed by atoms with E-state index in [1.807, 2.05) is 60.6 Å². The molecule has 0 fully saturated rings. The summed E-state index contributed by atoms with van der Waals surface area (Å²) in [5.74, 6) is -0.870. The number of sulfonamides is 1. The highest BCUT2D eigenvalue weighted by Crippen LogP contribution is 2.29. The van der Waals surface area contributed by atoms with Gasteiger partial charge in [-0.1, -0.05) is 71.6 Å². The Balaban J connectivity index is 2.12. The lowest BCUT2D eigenvalue weighted by Crippen LogP contribution is -2.55. The molecule has 1 N–H and O–H groups in total. The highest BCUT2D eigenvalue weighted by Gasteiger charge is 2.35. The van der Waals surface area contributed by atoms with E-state index in [1.54, 1.807) is 36.4 Å². The Kier molecular flexibility index (Phi) is 10.7. The summed E-state index contributed by atoms with van der Waals surface area (Å²) in [5, 5.41) is 3.64. The van der Waals surface area contributed by atoms with E-state index in [-0.39, 0.29) is 17.3 Å². The zero-order chi connectivity index (χ0) is 31.4. The van der Waals surface area contributed by atoms with Crippen molar-refractivity contribution in [2.24, 2.45) is 0 Å². The van der Waals surface area contributed by atoms with Gasteiger partial charge >= 0.3 is 0 Å². The minimum atomic E-state index is -4.15. The average Bonchev–Trinajstić information content (AvgIpc) is 2.88. The van der Waals surface area contributed by atoms with Gasteiger partial charge in [-0.25, -0.2) is 8.42 Å². The van der Waals surface area contributed by atoms with Crippen molar-refractivity contribution < 1.29 is 18.0 Å². The fourth-order valence-corrected chi connectivity index (χ4v) is 6.44. The highest BCUT2D eigenvalue weighted by molar-refractivity contribution is 7.92. The molecule has 0 radical (unpaired) electrons. The maximum Gasteiger partial charge on any atom is 0.264 e. The molecule has 0 bridgehead atoms. The van der Waals surface area contributed by atoms with Crippen LogP contribution in [-0.2, 0) is 26.2 Å². The maximum atomic E-state index is 14.2. The lowest BCUT2D eigenvalue weighted by atomic mass is 10.1. The van der Waals surface area contributed by atoms with Gasteiger partial charge in [-0.05, 0) is 89.4 Å². The number of hydrogen-bond acceptors (Lipinski definition) is 4. The number of anilines is 1. The van der Waals surface area contributed by atoms with Gasteiger partial charge in [-0.15, -0.1) is 0 Å². The normalized spacial score (nSPS) is 12.5. The van der Waals surface area contributed by atoms with Gasteiger partial charge in [-0.2, -0.15) is 0 Å². The Hall–Kier alpha value is -3.07. The Bertz CT molecular complexity index is 1550. The standard InChI is InChI=1S/C32H39Cl2N3O4S/c1-8-28(31(39)35-32(5,6)7)36(19-24-12-15-26(33)27(34)18-24)30(38)20-37(29-16-11-22(3)17-23(29)4)42(40,41)25-13-9-21(2)10-14-25/h9-18,28H,8,19-20H2,1-7H3,(H,35,39)/t28-/m0/s1. The first-order valence-corrected chi connectivity index (χ1v) is 15.9. The smallest absolute Gasteiger partial charge is 0.264 e. The minimum Gasteiger partial charge on any atom is -0.350 e. The van der Waals surface area contributed by atoms with Crippen molar-refractivity contribution in [2.45, 2.75) is 77.9 Å². The van der Waals surface area contributed by atoms with E-state index in [1.165, 1.54) is 17.0 Å². The monoisotopic (exact) mass is 631 g/mol. The van der Waals surface area contributed by atoms with Crippen LogP contribution in [0.1, 0.15) is 56.4 Å². The first-order valence-electron chi connectivity index (χ1n) is 13.8. The quantitative estimate of drug-likeness (QED) is 0.265. The van der Waals surface area contributed by atoms with E-state index in [9.17, 15) is 18.0 Å². The fraction of sp³-hybridized carbons (Fsp3) is 0.375. The van der Waals surface area contributed by atoms with Crippen LogP contribution < -0.4 is 9.62 Å². The van der Waals surface area contributed by atoms with Crippen LogP contribution in [0.15, 0.2) is 65.6 Å². The number of nitrogens with one attached hydrogen (secondary N) is 1. The van der Waals surface area contributed by atoms with Gasteiger partial charge in [0.15, 0.2) is 0 Å². The molecule has 2 amide bonds. The molecule has 3 aromatic rings. The molecule has 0 aliphatic heterocycles. The molecule has 0 heterocycles. The van der Waals surface area contributed by atoms with E-state index in [4.69, 9.17) is 23.2 Å². The van der Waals surface area contributed by atoms with E-state index in [0.29, 0.717) is 33.3 Å². The Morgan fingerprint density at radius 2 is 1.50 bits per heavy atom. The molecule has 10 heteroatoms. The zero-order valence-corrected chi connectivity index (χ0v) is 27.5. The lowest BCUT2D eigenvalue weighted by Gasteiger charge is -2.35. The van der Waals surface area contributed by atoms with Crippen LogP contribution in [0.25, 0.3) is 0 Å². The predicted octanol–water partition coefficient (Wildman–Crippen LogP) is 6.84. The third-order valence-corrected chi connectivity index (χ3v) is 9.24. The number of carbonyl (C=O) groups excluding carboxylic acids is 2. The minimum absolute atomic E-state index is 0.0249. The van der Waals surface area contributed by atoms with Crippen LogP contribution in [0.4, 0.5) is 5.69 Å². The van der Waals surface area contributed by atoms with Crippen molar-refractivity contribution in [1.82, 2.24) is 10.2 Å². The van der Waals surface area contributed by atoms with Crippen LogP contribution in [0.5, 0.6) is 0 Å². The molecule has 0 aliphatic rings. The molecule has 3 rings (SSSR count). The van der Waals surface area contributed by atoms with Crippen molar-refractivity contribution in [2.75, 3.05) is 10.8 Å². The van der Waals surface area contributed by atoms with Crippen molar-refractivity contribution in [3.63, 3.8) is 0 Å². The third kappa shape index (κ3) is 8.27. The Morgan fingerprint density at radius 3 is 2.05 bits per heavy atom. The number of benzene rings is 3. The Morgan fingerprint density at radius 1 is 0.881 bits per heavy atom. The highest BCUT2D eigenvalue weighted by atomic mass is 35.5. The molecule has 226 valence electrons. The first-order chi connectivity index (χ1) is 19.5. The Labute approximate surface area is 259 Å². The summed E-state index contributed by atoms with van der Waals surface area (Å²) in [6.07, 6.45) is 0.309. The summed E-state index contributed by atoms with van der Waals surface area (Å²) < 4.78 is 29.3. The predicted molar refractivity (Wildman–Crippen MR) is 171 cm³/mol. The van der Waals surface area contributed by atoms with E-state index in [2.05, 4.69) is 5.32 Å². The first kappa shape index (κ1) is 33.4. The number of hydrogen-bond donors (Lipinski definition) is 1. The van der Waals surface area contributed by atoms with Crippen molar-refractivity contribution in [3.8, 4) is 0 Å². The van der Waals surface area contributed by atoms with Gasteiger partial charge < -0.3 is 10.2 Å². The molecule has 3 aromatic carbocycles. The molecule has 0 aromatic heterocycles. The molecule has 0 unspecified atom stereocenters. The second kappa shape index (κ2) is 13.5. The SMILES string of the molecule is CC[C@@H](C(=O)NC(C)(C)C)N(Cc1ccc(Cl)c(Cl)c1)C(=O)CN(c1ccc(C)cc1C)S(=O)(=O)c1ccc(C)cc1. The molecule has 7 nitrogen and oxygen atoms in total. The van der Waals surface area contributed by atoms with E-state index in [0.717, 1.165) is 15.4 Å². The third-order valence-electron chi connectivity index (χ3n) is 6.73. The summed E-state index contributed by atoms with van der Waals surface area (Å²) in [7, 11) is -4.15. The van der Waals surface area contributed by atoms with Gasteiger partial charge in [0.25, 0.3) is 10.0 Å². The molecule has 1 atom stereocenters. The van der Waals surface area contributed by atoms with Gasteiger partial charge in [-0.3, -0.25) is 13.9 Å². The van der Waals surface area contributed by atoms with Gasteiger partial charge in [0.05, 0.1) is 20.6 Å². The van der Waals surface area contributed by atoms with Crippen LogP contribution in [0.3, 0.4) is 0 Å². The summed E-state index contributed by atoms with van der Waals surface area (Å²) in [4.78, 5) is 29.2. The second-order valence-corrected chi connectivity index (χ2v) is 14.2. The van der Waals surface area contributed by atoms with Crippen molar-refractivity contribution in [3.05, 3.63) is 93.0 Å². The molecular formula is C32H39Cl2N3O4S. The molecule has 0 aliphatic carbocycles. The van der Waals surface area contributed by atoms with Gasteiger partial charge in [0.1, 0.15) is 12.6 Å². The zero-order valence-electron chi connectivity index (χ0n) is 25.2. The largest absolute Gasteiger partial charge is 0.350 e. The van der Waals surface area contributed by atoms with Crippen molar-refractivity contribution >= 4 is 50.7 Å². The summed E-state index contributed by atoms with van der Waals surface area (Å²) >= 11 is 12.4. The number of halogens is 2. The van der Waals surface area contributed by atoms with E-state index < -0.39 is 34.1 Å². The van der Waals surface area contributed by atoms with E-state index >= 15 is 0 Å². The molecule has 0 saturated carbocycles. The maximum absolute atomic E-state index is 14.2. The lowest BCUT2D eigenvalue weighted by molar-refractivity contribution is -0.141. The number of nitrogens with zero attached hydrogens (tertiary/aromatic N) is 2. The molecular weight excluding hydrogens is 593 g/mol. The van der Waals surface area contributed by atoms with Crippen molar-refractivity contribution in [1.29, 1.82) is 0 Å². The number of aryl methyl sites for hydroxylation is 3. The topological polar surface area (TPSA) is 86.8 Å². The van der Waals surface area contributed by atoms with Gasteiger partial charge in [0, 0.05) is 12.1 Å². The number of amides is 2. The summed E-state index contributed by atoms with van der Waals surface area (Å²) in [6, 6.07) is 16.0. The fourth-order valence-electron chi connectivity index (χ4n) is 4.64. The molecule has 42 heavy (non-hydrogen) atoms. The van der Waals surface area contributed by atoms with Crippen LogP contribution in [-0.4, -0.2) is 43.3 Å². The summed E-state index contributed by atoms with van der Waals surface area (Å²) in [6.45, 7) is 12.5.